The zero-order chi connectivity index (χ0) is 39.7. The SMILES string of the molecule is CC/C=C\C/C=C\C/C=C\C/C=C\CCCCCCC(=O)OC(COCCCCCCCCCCCC)COC1OC(CO)C(O)C(OS(=O)(=O)O)C1O. The van der Waals surface area contributed by atoms with Crippen molar-refractivity contribution in [1.82, 2.24) is 0 Å². The van der Waals surface area contributed by atoms with E-state index in [1.165, 1.54) is 44.9 Å². The summed E-state index contributed by atoms with van der Waals surface area (Å²) in [7, 11) is -5.06. The lowest BCUT2D eigenvalue weighted by Crippen LogP contribution is -2.60. The molecule has 0 saturated carbocycles. The van der Waals surface area contributed by atoms with Crippen LogP contribution in [0.5, 0.6) is 0 Å². The molecule has 12 nitrogen and oxygen atoms in total. The van der Waals surface area contributed by atoms with Gasteiger partial charge < -0.3 is 34.3 Å². The average Bonchev–Trinajstić information content (AvgIpc) is 3.14. The molecule has 1 aliphatic rings. The first-order chi connectivity index (χ1) is 26.1. The Kier molecular flexibility index (Phi) is 30.8. The molecule has 1 heterocycles. The Morgan fingerprint density at radius 3 is 1.87 bits per heavy atom. The average molecular weight is 789 g/mol. The van der Waals surface area contributed by atoms with Gasteiger partial charge in [-0.05, 0) is 51.4 Å². The van der Waals surface area contributed by atoms with Crippen LogP contribution < -0.4 is 0 Å². The molecule has 1 aliphatic heterocycles. The number of hydrogen-bond donors (Lipinski definition) is 4. The molecule has 0 spiro atoms. The molecule has 54 heavy (non-hydrogen) atoms. The zero-order valence-electron chi connectivity index (χ0n) is 33.0. The highest BCUT2D eigenvalue weighted by molar-refractivity contribution is 7.80. The van der Waals surface area contributed by atoms with Crippen molar-refractivity contribution in [2.24, 2.45) is 0 Å². The number of unbranched alkanes of at least 4 members (excludes halogenated alkanes) is 13. The molecule has 314 valence electrons. The molecule has 0 aromatic rings. The predicted octanol–water partition coefficient (Wildman–Crippen LogP) is 7.63. The molecule has 0 amide bonds. The van der Waals surface area contributed by atoms with E-state index >= 15 is 0 Å². The lowest BCUT2D eigenvalue weighted by atomic mass is 9.99. The molecular formula is C41H72O12S. The minimum Gasteiger partial charge on any atom is -0.457 e. The minimum absolute atomic E-state index is 0.0256. The standard InChI is InChI=1S/C41H72O12S/c1-3-5-7-9-11-13-15-16-17-18-19-20-21-22-24-26-28-30-37(43)51-35(33-49-31-29-27-25-23-14-12-10-8-6-4-2)34-50-41-39(45)40(53-54(46,47)48)38(44)36(32-42)52-41/h5,7,11,13,16-17,19-20,35-36,38-42,44-45H,3-4,6,8-10,12,14-15,18,21-34H2,1-2H3,(H,46,47,48)/b7-5-,13-11-,17-16-,20-19-. The van der Waals surface area contributed by atoms with Crippen LogP contribution in [0, 0.1) is 0 Å². The van der Waals surface area contributed by atoms with E-state index in [1.54, 1.807) is 0 Å². The van der Waals surface area contributed by atoms with Crippen molar-refractivity contribution < 1.29 is 56.2 Å². The Hall–Kier alpha value is -1.94. The quantitative estimate of drug-likeness (QED) is 0.0217. The van der Waals surface area contributed by atoms with Crippen LogP contribution in [0.4, 0.5) is 0 Å². The Morgan fingerprint density at radius 2 is 1.28 bits per heavy atom. The second-order valence-corrected chi connectivity index (χ2v) is 14.9. The van der Waals surface area contributed by atoms with E-state index in [1.807, 2.05) is 0 Å². The number of allylic oxidation sites excluding steroid dienone is 8. The molecule has 0 radical (unpaired) electrons. The first kappa shape index (κ1) is 50.1. The molecule has 0 aromatic carbocycles. The van der Waals surface area contributed by atoms with Crippen LogP contribution in [0.3, 0.4) is 0 Å². The second kappa shape index (κ2) is 33.2. The van der Waals surface area contributed by atoms with Gasteiger partial charge in [0.15, 0.2) is 6.29 Å². The Balaban J connectivity index is 2.49. The number of esters is 1. The first-order valence-electron chi connectivity index (χ1n) is 20.4. The van der Waals surface area contributed by atoms with E-state index < -0.39 is 59.8 Å². The van der Waals surface area contributed by atoms with Gasteiger partial charge in [-0.25, -0.2) is 4.18 Å². The predicted molar refractivity (Wildman–Crippen MR) is 211 cm³/mol. The van der Waals surface area contributed by atoms with Crippen LogP contribution >= 0.6 is 0 Å². The van der Waals surface area contributed by atoms with Crippen LogP contribution in [-0.2, 0) is 38.3 Å². The van der Waals surface area contributed by atoms with Crippen LogP contribution in [0.15, 0.2) is 48.6 Å². The Bertz CT molecular complexity index is 1140. The van der Waals surface area contributed by atoms with Crippen molar-refractivity contribution in [2.75, 3.05) is 26.4 Å². The van der Waals surface area contributed by atoms with E-state index in [0.29, 0.717) is 13.0 Å². The molecule has 1 rings (SSSR count). The third-order valence-corrected chi connectivity index (χ3v) is 9.43. The third-order valence-electron chi connectivity index (χ3n) is 8.97. The van der Waals surface area contributed by atoms with Gasteiger partial charge in [0.1, 0.15) is 30.5 Å². The van der Waals surface area contributed by atoms with Crippen molar-refractivity contribution in [3.05, 3.63) is 48.6 Å². The van der Waals surface area contributed by atoms with E-state index in [4.69, 9.17) is 23.5 Å². The topological polar surface area (TPSA) is 178 Å². The van der Waals surface area contributed by atoms with Gasteiger partial charge in [0, 0.05) is 13.0 Å². The fraction of sp³-hybridized carbons (Fsp3) is 0.780. The Morgan fingerprint density at radius 1 is 0.722 bits per heavy atom. The summed E-state index contributed by atoms with van der Waals surface area (Å²) in [5, 5.41) is 30.5. The molecule has 4 N–H and O–H groups in total. The van der Waals surface area contributed by atoms with Gasteiger partial charge in [-0.15, -0.1) is 0 Å². The number of aliphatic hydroxyl groups is 3. The highest BCUT2D eigenvalue weighted by Gasteiger charge is 2.48. The second-order valence-electron chi connectivity index (χ2n) is 13.9. The summed E-state index contributed by atoms with van der Waals surface area (Å²) in [6.07, 6.45) is 28.7. The van der Waals surface area contributed by atoms with Gasteiger partial charge in [0.25, 0.3) is 0 Å². The largest absolute Gasteiger partial charge is 0.457 e. The van der Waals surface area contributed by atoms with Crippen molar-refractivity contribution in [3.63, 3.8) is 0 Å². The highest BCUT2D eigenvalue weighted by Crippen LogP contribution is 2.26. The number of carbonyl (C=O) groups excluding carboxylic acids is 1. The smallest absolute Gasteiger partial charge is 0.397 e. The van der Waals surface area contributed by atoms with Gasteiger partial charge >= 0.3 is 16.4 Å². The highest BCUT2D eigenvalue weighted by atomic mass is 32.3. The molecule has 6 atom stereocenters. The summed E-state index contributed by atoms with van der Waals surface area (Å²) in [6.45, 7) is 3.81. The molecule has 1 saturated heterocycles. The van der Waals surface area contributed by atoms with E-state index in [0.717, 1.165) is 70.6 Å². The van der Waals surface area contributed by atoms with Gasteiger partial charge in [-0.1, -0.05) is 133 Å². The monoisotopic (exact) mass is 788 g/mol. The van der Waals surface area contributed by atoms with Gasteiger partial charge in [0.05, 0.1) is 19.8 Å². The van der Waals surface area contributed by atoms with E-state index in [2.05, 4.69) is 66.6 Å². The number of carbonyl (C=O) groups is 1. The summed E-state index contributed by atoms with van der Waals surface area (Å²) >= 11 is 0. The maximum absolute atomic E-state index is 12.8. The summed E-state index contributed by atoms with van der Waals surface area (Å²) in [5.74, 6) is -0.425. The summed E-state index contributed by atoms with van der Waals surface area (Å²) in [4.78, 5) is 12.8. The Labute approximate surface area is 326 Å². The molecule has 6 unspecified atom stereocenters. The van der Waals surface area contributed by atoms with Crippen molar-refractivity contribution in [1.29, 1.82) is 0 Å². The molecule has 0 aromatic heterocycles. The number of rotatable bonds is 34. The van der Waals surface area contributed by atoms with Crippen LogP contribution in [0.2, 0.25) is 0 Å². The van der Waals surface area contributed by atoms with Crippen LogP contribution in [0.1, 0.15) is 142 Å². The van der Waals surface area contributed by atoms with E-state index in [9.17, 15) is 28.5 Å². The third kappa shape index (κ3) is 26.8. The normalized spacial score (nSPS) is 21.6. The van der Waals surface area contributed by atoms with Gasteiger partial charge in [-0.2, -0.15) is 8.42 Å². The van der Waals surface area contributed by atoms with Gasteiger partial charge in [0.2, 0.25) is 0 Å². The molecule has 13 heteroatoms. The summed E-state index contributed by atoms with van der Waals surface area (Å²) < 4.78 is 58.8. The van der Waals surface area contributed by atoms with Crippen molar-refractivity contribution in [2.45, 2.75) is 179 Å². The number of hydrogen-bond acceptors (Lipinski definition) is 11. The first-order valence-corrected chi connectivity index (χ1v) is 21.8. The fourth-order valence-corrected chi connectivity index (χ4v) is 6.41. The number of ether oxygens (including phenoxy) is 4. The van der Waals surface area contributed by atoms with Crippen molar-refractivity contribution >= 4 is 16.4 Å². The molecular weight excluding hydrogens is 717 g/mol. The van der Waals surface area contributed by atoms with Crippen LogP contribution in [-0.4, -0.2) is 97.5 Å². The molecule has 1 fully saturated rings. The van der Waals surface area contributed by atoms with Gasteiger partial charge in [-0.3, -0.25) is 9.35 Å². The molecule has 0 bridgehead atoms. The zero-order valence-corrected chi connectivity index (χ0v) is 33.8. The molecule has 0 aliphatic carbocycles. The number of aliphatic hydroxyl groups excluding tert-OH is 3. The lowest BCUT2D eigenvalue weighted by molar-refractivity contribution is -0.301. The maximum atomic E-state index is 12.8. The summed E-state index contributed by atoms with van der Waals surface area (Å²) in [5.41, 5.74) is 0. The lowest BCUT2D eigenvalue weighted by Gasteiger charge is -2.41. The summed E-state index contributed by atoms with van der Waals surface area (Å²) in [6, 6.07) is 0. The minimum atomic E-state index is -5.06. The van der Waals surface area contributed by atoms with Crippen molar-refractivity contribution in [3.8, 4) is 0 Å². The maximum Gasteiger partial charge on any atom is 0.397 e. The fourth-order valence-electron chi connectivity index (χ4n) is 5.90. The van der Waals surface area contributed by atoms with Crippen LogP contribution in [0.25, 0.3) is 0 Å². The van der Waals surface area contributed by atoms with E-state index in [-0.39, 0.29) is 19.6 Å².